The molecular formula is C15H10F7N3O. The number of alkyl halides is 6. The molecule has 1 unspecified atom stereocenters. The molecule has 140 valence electrons. The Labute approximate surface area is 142 Å². The van der Waals surface area contributed by atoms with E-state index >= 15 is 0 Å². The summed E-state index contributed by atoms with van der Waals surface area (Å²) in [6.07, 6.45) is -10.1. The zero-order valence-corrected chi connectivity index (χ0v) is 12.7. The maximum Gasteiger partial charge on any atom is 0.398 e. The summed E-state index contributed by atoms with van der Waals surface area (Å²) in [5.41, 5.74) is -1.91. The smallest absolute Gasteiger partial charge is 0.370 e. The molecule has 11 heteroatoms. The van der Waals surface area contributed by atoms with Crippen LogP contribution in [0, 0.1) is 29.0 Å². The highest BCUT2D eigenvalue weighted by Gasteiger charge is 2.61. The second-order valence-corrected chi connectivity index (χ2v) is 5.34. The quantitative estimate of drug-likeness (QED) is 0.617. The van der Waals surface area contributed by atoms with E-state index in [2.05, 4.69) is 5.32 Å². The molecule has 0 aliphatic heterocycles. The number of hydrogen-bond acceptors (Lipinski definition) is 3. The van der Waals surface area contributed by atoms with Gasteiger partial charge in [-0.2, -0.15) is 31.6 Å². The van der Waals surface area contributed by atoms with E-state index in [1.54, 1.807) is 11.4 Å². The van der Waals surface area contributed by atoms with Crippen molar-refractivity contribution in [3.63, 3.8) is 0 Å². The zero-order chi connectivity index (χ0) is 19.7. The van der Waals surface area contributed by atoms with Crippen molar-refractivity contribution in [2.75, 3.05) is 11.9 Å². The van der Waals surface area contributed by atoms with E-state index < -0.39 is 47.2 Å². The van der Waals surface area contributed by atoms with Crippen LogP contribution in [0.5, 0.6) is 0 Å². The molecule has 0 aromatic heterocycles. The third kappa shape index (κ3) is 3.89. The van der Waals surface area contributed by atoms with Crippen LogP contribution in [0.15, 0.2) is 30.0 Å². The first-order chi connectivity index (χ1) is 12.0. The van der Waals surface area contributed by atoms with Crippen LogP contribution in [0.3, 0.4) is 0 Å². The van der Waals surface area contributed by atoms with E-state index in [0.29, 0.717) is 0 Å². The molecule has 1 amide bonds. The van der Waals surface area contributed by atoms with Gasteiger partial charge in [-0.15, -0.1) is 0 Å². The first kappa shape index (κ1) is 19.6. The zero-order valence-electron chi connectivity index (χ0n) is 12.7. The number of hydrogen-bond donors (Lipinski definition) is 2. The number of carbonyl (C=O) groups is 1. The van der Waals surface area contributed by atoms with Crippen LogP contribution < -0.4 is 10.6 Å². The number of halogens is 7. The van der Waals surface area contributed by atoms with E-state index in [9.17, 15) is 35.5 Å². The van der Waals surface area contributed by atoms with Gasteiger partial charge >= 0.3 is 12.4 Å². The van der Waals surface area contributed by atoms with Crippen LogP contribution in [0.2, 0.25) is 0 Å². The summed E-state index contributed by atoms with van der Waals surface area (Å²) in [5, 5.41) is 12.5. The van der Waals surface area contributed by atoms with E-state index in [0.717, 1.165) is 6.07 Å². The van der Waals surface area contributed by atoms with E-state index in [1.807, 2.05) is 0 Å². The van der Waals surface area contributed by atoms with Gasteiger partial charge in [0.2, 0.25) is 0 Å². The molecule has 2 N–H and O–H groups in total. The second-order valence-electron chi connectivity index (χ2n) is 5.34. The summed E-state index contributed by atoms with van der Waals surface area (Å²) in [4.78, 5) is 12.0. The first-order valence-electron chi connectivity index (χ1n) is 7.02. The molecule has 0 bridgehead atoms. The highest BCUT2D eigenvalue weighted by molar-refractivity contribution is 5.96. The van der Waals surface area contributed by atoms with Crippen molar-refractivity contribution < 1.29 is 35.5 Å². The summed E-state index contributed by atoms with van der Waals surface area (Å²) < 4.78 is 90.5. The summed E-state index contributed by atoms with van der Waals surface area (Å²) >= 11 is 0. The average Bonchev–Trinajstić information content (AvgIpc) is 2.46. The standard InChI is InChI=1S/C15H10F7N3O/c16-12-7(2-1-3-9(12)24-5-4-23)13(26)25-10-6-8(14(17,18)19)11(10)15(20,21)22/h1-3,6,8,11,24H,5H2,(H,25,26)/t8?,11-/m1/s1. The molecule has 1 aromatic rings. The lowest BCUT2D eigenvalue weighted by molar-refractivity contribution is -0.243. The van der Waals surface area contributed by atoms with Gasteiger partial charge in [-0.25, -0.2) is 4.39 Å². The molecule has 0 fully saturated rings. The molecule has 2 atom stereocenters. The number of rotatable bonds is 4. The minimum Gasteiger partial charge on any atom is -0.370 e. The maximum atomic E-state index is 14.2. The van der Waals surface area contributed by atoms with Gasteiger partial charge in [-0.3, -0.25) is 4.79 Å². The number of benzene rings is 1. The van der Waals surface area contributed by atoms with Gasteiger partial charge in [0.15, 0.2) is 5.82 Å². The topological polar surface area (TPSA) is 64.9 Å². The van der Waals surface area contributed by atoms with Crippen LogP contribution in [-0.4, -0.2) is 24.8 Å². The van der Waals surface area contributed by atoms with Gasteiger partial charge in [0.05, 0.1) is 23.2 Å². The van der Waals surface area contributed by atoms with Crippen molar-refractivity contribution in [1.29, 1.82) is 5.26 Å². The van der Waals surface area contributed by atoms with Crippen molar-refractivity contribution in [3.05, 3.63) is 41.4 Å². The maximum absolute atomic E-state index is 14.2. The van der Waals surface area contributed by atoms with Crippen LogP contribution in [-0.2, 0) is 0 Å². The molecule has 0 heterocycles. The third-order valence-electron chi connectivity index (χ3n) is 3.64. The number of amides is 1. The highest BCUT2D eigenvalue weighted by Crippen LogP contribution is 2.50. The summed E-state index contributed by atoms with van der Waals surface area (Å²) in [6, 6.07) is 5.00. The molecule has 1 aliphatic carbocycles. The van der Waals surface area contributed by atoms with Crippen LogP contribution >= 0.6 is 0 Å². The van der Waals surface area contributed by atoms with Crippen LogP contribution in [0.4, 0.5) is 36.4 Å². The van der Waals surface area contributed by atoms with Crippen LogP contribution in [0.1, 0.15) is 10.4 Å². The van der Waals surface area contributed by atoms with E-state index in [1.165, 1.54) is 12.1 Å². The third-order valence-corrected chi connectivity index (χ3v) is 3.64. The fourth-order valence-corrected chi connectivity index (χ4v) is 2.43. The largest absolute Gasteiger partial charge is 0.398 e. The molecule has 0 spiro atoms. The summed E-state index contributed by atoms with van der Waals surface area (Å²) in [7, 11) is 0. The van der Waals surface area contributed by atoms with Gasteiger partial charge in [0, 0.05) is 5.70 Å². The fraction of sp³-hybridized carbons (Fsp3) is 0.333. The van der Waals surface area contributed by atoms with Crippen molar-refractivity contribution in [3.8, 4) is 6.07 Å². The Kier molecular flexibility index (Phi) is 5.16. The average molecular weight is 381 g/mol. The highest BCUT2D eigenvalue weighted by atomic mass is 19.4. The lowest BCUT2D eigenvalue weighted by Gasteiger charge is -2.38. The predicted octanol–water partition coefficient (Wildman–Crippen LogP) is 3.75. The van der Waals surface area contributed by atoms with E-state index in [-0.39, 0.29) is 18.3 Å². The Morgan fingerprint density at radius 2 is 1.81 bits per heavy atom. The SMILES string of the molecule is N#CCNc1cccc(C(=O)NC2=CC(C(F)(F)F)[C@H]2C(F)(F)F)c1F. The number of carbonyl (C=O) groups excluding carboxylic acids is 1. The van der Waals surface area contributed by atoms with Crippen molar-refractivity contribution in [2.24, 2.45) is 11.8 Å². The Bertz CT molecular complexity index is 777. The van der Waals surface area contributed by atoms with Gasteiger partial charge in [0.25, 0.3) is 5.91 Å². The molecule has 1 aromatic carbocycles. The normalized spacial score (nSPS) is 19.8. The molecule has 26 heavy (non-hydrogen) atoms. The number of nitrogens with zero attached hydrogens (tertiary/aromatic N) is 1. The Morgan fingerprint density at radius 3 is 2.35 bits per heavy atom. The number of allylic oxidation sites excluding steroid dienone is 2. The van der Waals surface area contributed by atoms with E-state index in [4.69, 9.17) is 5.26 Å². The molecule has 4 nitrogen and oxygen atoms in total. The van der Waals surface area contributed by atoms with Crippen molar-refractivity contribution in [2.45, 2.75) is 12.4 Å². The number of nitrogens with one attached hydrogen (secondary N) is 2. The monoisotopic (exact) mass is 381 g/mol. The minimum absolute atomic E-state index is 0.242. The second kappa shape index (κ2) is 6.86. The molecule has 0 radical (unpaired) electrons. The van der Waals surface area contributed by atoms with Gasteiger partial charge in [-0.1, -0.05) is 12.1 Å². The summed E-state index contributed by atoms with van der Waals surface area (Å²) in [5.74, 6) is -8.17. The van der Waals surface area contributed by atoms with Gasteiger partial charge in [-0.05, 0) is 12.1 Å². The van der Waals surface area contributed by atoms with Crippen LogP contribution in [0.25, 0.3) is 0 Å². The first-order valence-corrected chi connectivity index (χ1v) is 7.02. The number of anilines is 1. The summed E-state index contributed by atoms with van der Waals surface area (Å²) in [6.45, 7) is -0.295. The Morgan fingerprint density at radius 1 is 1.15 bits per heavy atom. The Balaban J connectivity index is 2.24. The molecule has 0 saturated carbocycles. The Hall–Kier alpha value is -2.77. The van der Waals surface area contributed by atoms with Crippen molar-refractivity contribution in [1.82, 2.24) is 5.32 Å². The van der Waals surface area contributed by atoms with Gasteiger partial charge in [0.1, 0.15) is 12.5 Å². The lowest BCUT2D eigenvalue weighted by atomic mass is 9.77. The van der Waals surface area contributed by atoms with Gasteiger partial charge < -0.3 is 10.6 Å². The minimum atomic E-state index is -5.23. The predicted molar refractivity (Wildman–Crippen MR) is 75.1 cm³/mol. The molecule has 2 rings (SSSR count). The molecule has 1 aliphatic rings. The lowest BCUT2D eigenvalue weighted by Crippen LogP contribution is -2.49. The molecular weight excluding hydrogens is 371 g/mol. The molecule has 0 saturated heterocycles. The number of nitriles is 1. The fourth-order valence-electron chi connectivity index (χ4n) is 2.43. The van der Waals surface area contributed by atoms with Crippen molar-refractivity contribution >= 4 is 11.6 Å².